The Morgan fingerprint density at radius 3 is 2.35 bits per heavy atom. The van der Waals surface area contributed by atoms with Gasteiger partial charge in [0.1, 0.15) is 11.8 Å². The lowest BCUT2D eigenvalue weighted by Crippen LogP contribution is -2.30. The number of aromatic nitrogens is 2. The molecule has 43 heavy (non-hydrogen) atoms. The van der Waals surface area contributed by atoms with E-state index in [2.05, 4.69) is 15.6 Å². The number of pyridine rings is 1. The van der Waals surface area contributed by atoms with E-state index in [0.29, 0.717) is 16.5 Å². The summed E-state index contributed by atoms with van der Waals surface area (Å²) < 4.78 is 7.54. The number of para-hydroxylation sites is 1. The molecule has 0 bridgehead atoms. The van der Waals surface area contributed by atoms with Crippen LogP contribution in [0.3, 0.4) is 0 Å². The second kappa shape index (κ2) is 12.1. The lowest BCUT2D eigenvalue weighted by Gasteiger charge is -2.29. The minimum absolute atomic E-state index is 0.0213. The number of anilines is 2. The Hall–Kier alpha value is -5.55. The minimum Gasteiger partial charge on any atom is -0.484 e. The van der Waals surface area contributed by atoms with E-state index in [9.17, 15) is 14.9 Å². The monoisotopic (exact) mass is 590 g/mol. The summed E-state index contributed by atoms with van der Waals surface area (Å²) in [5, 5.41) is 18.0. The fourth-order valence-electron chi connectivity index (χ4n) is 5.11. The van der Waals surface area contributed by atoms with Crippen molar-refractivity contribution in [2.45, 2.75) is 12.1 Å². The Morgan fingerprint density at radius 1 is 0.930 bits per heavy atom. The average Bonchev–Trinajstić information content (AvgIpc) is 3.66. The summed E-state index contributed by atoms with van der Waals surface area (Å²) in [6.45, 7) is -0.112. The molecule has 214 valence electrons. The largest absolute Gasteiger partial charge is 0.484 e. The van der Waals surface area contributed by atoms with Crippen LogP contribution in [0.25, 0.3) is 5.69 Å². The zero-order valence-corrected chi connectivity index (χ0v) is 23.6. The molecule has 0 unspecified atom stereocenters. The number of ether oxygens (including phenoxy) is 1. The fourth-order valence-corrected chi connectivity index (χ4v) is 5.45. The van der Waals surface area contributed by atoms with Gasteiger partial charge >= 0.3 is 0 Å². The minimum atomic E-state index is -0.416. The highest BCUT2D eigenvalue weighted by Gasteiger charge is 2.42. The van der Waals surface area contributed by atoms with Gasteiger partial charge in [-0.3, -0.25) is 19.9 Å². The maximum absolute atomic E-state index is 12.5. The zero-order valence-electron chi connectivity index (χ0n) is 22.7. The van der Waals surface area contributed by atoms with Gasteiger partial charge in [0.25, 0.3) is 11.6 Å². The predicted molar refractivity (Wildman–Crippen MR) is 167 cm³/mol. The Morgan fingerprint density at radius 2 is 1.65 bits per heavy atom. The van der Waals surface area contributed by atoms with Crippen molar-refractivity contribution in [3.8, 4) is 11.4 Å². The lowest BCUT2D eigenvalue weighted by atomic mass is 10.0. The molecular formula is C32H26N6O4S. The molecule has 1 amide bonds. The van der Waals surface area contributed by atoms with E-state index in [-0.39, 0.29) is 30.3 Å². The molecule has 2 atom stereocenters. The van der Waals surface area contributed by atoms with Crippen LogP contribution in [0.5, 0.6) is 5.75 Å². The molecule has 0 radical (unpaired) electrons. The second-order valence-corrected chi connectivity index (χ2v) is 10.2. The number of hydrogen-bond donors (Lipinski definition) is 2. The number of nitro benzene ring substituents is 1. The smallest absolute Gasteiger partial charge is 0.269 e. The van der Waals surface area contributed by atoms with Gasteiger partial charge in [-0.25, -0.2) is 0 Å². The van der Waals surface area contributed by atoms with Crippen LogP contribution < -0.4 is 20.3 Å². The van der Waals surface area contributed by atoms with Crippen molar-refractivity contribution in [1.29, 1.82) is 0 Å². The van der Waals surface area contributed by atoms with Crippen LogP contribution in [0, 0.1) is 10.1 Å². The van der Waals surface area contributed by atoms with Crippen LogP contribution in [0.4, 0.5) is 17.1 Å². The number of carbonyl (C=O) groups excluding carboxylic acids is 1. The van der Waals surface area contributed by atoms with Crippen molar-refractivity contribution in [3.05, 3.63) is 143 Å². The van der Waals surface area contributed by atoms with Gasteiger partial charge in [0.05, 0.1) is 16.7 Å². The zero-order chi connectivity index (χ0) is 29.8. The summed E-state index contributed by atoms with van der Waals surface area (Å²) in [4.78, 5) is 29.9. The van der Waals surface area contributed by atoms with Gasteiger partial charge in [0.2, 0.25) is 0 Å². The van der Waals surface area contributed by atoms with Crippen LogP contribution in [-0.4, -0.2) is 32.1 Å². The highest BCUT2D eigenvalue weighted by atomic mass is 32.1. The lowest BCUT2D eigenvalue weighted by molar-refractivity contribution is -0.384. The number of amides is 1. The SMILES string of the molecule is O=C(COc1ccccc1)Nc1ccc(N2C(=S)N[C@@H](c3ccccn3)[C@H]2c2cccn2-c2ccc([N+](=O)[O-])cc2)cc1. The number of nitro groups is 1. The summed E-state index contributed by atoms with van der Waals surface area (Å²) in [6.07, 6.45) is 3.66. The number of rotatable bonds is 9. The highest BCUT2D eigenvalue weighted by molar-refractivity contribution is 7.80. The molecule has 0 spiro atoms. The van der Waals surface area contributed by atoms with E-state index in [0.717, 1.165) is 22.8 Å². The summed E-state index contributed by atoms with van der Waals surface area (Å²) >= 11 is 5.86. The normalized spacial score (nSPS) is 16.0. The van der Waals surface area contributed by atoms with Gasteiger partial charge in [-0.2, -0.15) is 0 Å². The fraction of sp³-hybridized carbons (Fsp3) is 0.0938. The average molecular weight is 591 g/mol. The topological polar surface area (TPSA) is 115 Å². The Kier molecular flexibility index (Phi) is 7.79. The van der Waals surface area contributed by atoms with E-state index >= 15 is 0 Å². The standard InChI is InChI=1S/C32H26N6O4S/c39-29(21-42-26-7-2-1-3-8-26)34-22-11-13-24(14-12-22)37-31(30(35-32(37)43)27-9-4-5-19-33-27)28-10-6-20-36(28)23-15-17-25(18-16-23)38(40)41/h1-20,30-31H,21H2,(H,34,39)(H,35,43)/t30-,31+/m0/s1. The van der Waals surface area contributed by atoms with Gasteiger partial charge in [0.15, 0.2) is 11.7 Å². The first-order chi connectivity index (χ1) is 21.0. The number of carbonyl (C=O) groups is 1. The molecule has 0 aliphatic carbocycles. The quantitative estimate of drug-likeness (QED) is 0.123. The van der Waals surface area contributed by atoms with Crippen LogP contribution in [0.1, 0.15) is 23.5 Å². The molecule has 2 aromatic heterocycles. The van der Waals surface area contributed by atoms with Gasteiger partial charge in [0, 0.05) is 47.3 Å². The third-order valence-corrected chi connectivity index (χ3v) is 7.38. The number of nitrogens with zero attached hydrogens (tertiary/aromatic N) is 4. The first-order valence-electron chi connectivity index (χ1n) is 13.5. The molecule has 1 aliphatic heterocycles. The number of nitrogens with one attached hydrogen (secondary N) is 2. The van der Waals surface area contributed by atoms with E-state index in [4.69, 9.17) is 17.0 Å². The molecule has 11 heteroatoms. The Bertz CT molecular complexity index is 1740. The third kappa shape index (κ3) is 5.92. The summed E-state index contributed by atoms with van der Waals surface area (Å²) in [5.41, 5.74) is 3.96. The van der Waals surface area contributed by atoms with Crippen molar-refractivity contribution in [2.24, 2.45) is 0 Å². The van der Waals surface area contributed by atoms with Crippen molar-refractivity contribution in [2.75, 3.05) is 16.8 Å². The van der Waals surface area contributed by atoms with Crippen molar-refractivity contribution in [1.82, 2.24) is 14.9 Å². The molecule has 6 rings (SSSR count). The highest BCUT2D eigenvalue weighted by Crippen LogP contribution is 2.42. The molecule has 1 saturated heterocycles. The second-order valence-electron chi connectivity index (χ2n) is 9.77. The van der Waals surface area contributed by atoms with Gasteiger partial charge in [-0.1, -0.05) is 24.3 Å². The van der Waals surface area contributed by atoms with Gasteiger partial charge in [-0.15, -0.1) is 0 Å². The first kappa shape index (κ1) is 27.6. The van der Waals surface area contributed by atoms with Crippen molar-refractivity contribution in [3.63, 3.8) is 0 Å². The molecule has 3 heterocycles. The summed E-state index contributed by atoms with van der Waals surface area (Å²) in [6, 6.07) is 32.1. The van der Waals surface area contributed by atoms with E-state index in [1.807, 2.05) is 88.5 Å². The van der Waals surface area contributed by atoms with Crippen LogP contribution in [0.15, 0.2) is 122 Å². The molecule has 3 aromatic carbocycles. The first-order valence-corrected chi connectivity index (χ1v) is 13.9. The van der Waals surface area contributed by atoms with E-state index in [1.165, 1.54) is 12.1 Å². The third-order valence-electron chi connectivity index (χ3n) is 7.06. The molecule has 2 N–H and O–H groups in total. The van der Waals surface area contributed by atoms with Gasteiger partial charge in [-0.05, 0) is 85.0 Å². The van der Waals surface area contributed by atoms with Crippen LogP contribution in [0.2, 0.25) is 0 Å². The Labute approximate surface area is 252 Å². The molecule has 1 aliphatic rings. The van der Waals surface area contributed by atoms with Gasteiger partial charge < -0.3 is 24.8 Å². The number of thiocarbonyl (C=S) groups is 1. The summed E-state index contributed by atoms with van der Waals surface area (Å²) in [5.74, 6) is 0.346. The number of hydrogen-bond acceptors (Lipinski definition) is 6. The molecule has 5 aromatic rings. The van der Waals surface area contributed by atoms with Crippen molar-refractivity contribution < 1.29 is 14.5 Å². The van der Waals surface area contributed by atoms with Crippen LogP contribution in [-0.2, 0) is 4.79 Å². The summed E-state index contributed by atoms with van der Waals surface area (Å²) in [7, 11) is 0. The number of benzene rings is 3. The molecule has 0 saturated carbocycles. The predicted octanol–water partition coefficient (Wildman–Crippen LogP) is 5.98. The molecule has 1 fully saturated rings. The number of non-ortho nitro benzene ring substituents is 1. The molecule has 10 nitrogen and oxygen atoms in total. The maximum atomic E-state index is 12.5. The van der Waals surface area contributed by atoms with E-state index in [1.54, 1.807) is 30.5 Å². The van der Waals surface area contributed by atoms with E-state index < -0.39 is 4.92 Å². The Balaban J connectivity index is 1.29. The maximum Gasteiger partial charge on any atom is 0.269 e. The van der Waals surface area contributed by atoms with Crippen LogP contribution >= 0.6 is 12.2 Å². The van der Waals surface area contributed by atoms with Crippen molar-refractivity contribution >= 4 is 40.3 Å². The molecular weight excluding hydrogens is 564 g/mol.